The Balaban J connectivity index is 2.25. The third-order valence-electron chi connectivity index (χ3n) is 3.49. The largest absolute Gasteiger partial charge is 0.377 e. The molecule has 2 rings (SSSR count). The Labute approximate surface area is 106 Å². The van der Waals surface area contributed by atoms with E-state index in [-0.39, 0.29) is 6.54 Å². The molecule has 0 unspecified atom stereocenters. The van der Waals surface area contributed by atoms with Gasteiger partial charge >= 0.3 is 0 Å². The van der Waals surface area contributed by atoms with E-state index in [4.69, 9.17) is 4.74 Å². The monoisotopic (exact) mass is 281 g/mol. The van der Waals surface area contributed by atoms with Crippen molar-refractivity contribution in [1.82, 2.24) is 0 Å². The van der Waals surface area contributed by atoms with Crippen LogP contribution in [0.2, 0.25) is 0 Å². The van der Waals surface area contributed by atoms with Crippen LogP contribution < -0.4 is 5.32 Å². The Hall–Kier alpha value is -1.37. The molecule has 2 nitrogen and oxygen atoms in total. The van der Waals surface area contributed by atoms with Crippen molar-refractivity contribution in [3.05, 3.63) is 29.1 Å². The number of benzene rings is 1. The highest BCUT2D eigenvalue weighted by Crippen LogP contribution is 2.36. The van der Waals surface area contributed by atoms with Crippen molar-refractivity contribution in [2.24, 2.45) is 0 Å². The fraction of sp³-hybridized carbons (Fsp3) is 0.500. The second kappa shape index (κ2) is 4.96. The molecule has 0 amide bonds. The van der Waals surface area contributed by atoms with Crippen LogP contribution in [0, 0.1) is 29.1 Å². The SMILES string of the molecule is COC1(CNc2c(F)c(F)c(F)c(F)c2F)CCC1. The fourth-order valence-corrected chi connectivity index (χ4v) is 2.03. The third kappa shape index (κ3) is 2.27. The molecular weight excluding hydrogens is 269 g/mol. The molecule has 0 atom stereocenters. The Bertz CT molecular complexity index is 467. The summed E-state index contributed by atoms with van der Waals surface area (Å²) < 4.78 is 70.7. The molecule has 1 aromatic rings. The zero-order valence-corrected chi connectivity index (χ0v) is 10.1. The summed E-state index contributed by atoms with van der Waals surface area (Å²) in [5, 5.41) is 2.26. The van der Waals surface area contributed by atoms with Crippen LogP contribution in [0.5, 0.6) is 0 Å². The predicted molar refractivity (Wildman–Crippen MR) is 58.3 cm³/mol. The molecule has 1 saturated carbocycles. The molecule has 1 N–H and O–H groups in total. The van der Waals surface area contributed by atoms with Crippen molar-refractivity contribution >= 4 is 5.69 Å². The van der Waals surface area contributed by atoms with E-state index < -0.39 is 40.4 Å². The molecule has 106 valence electrons. The summed E-state index contributed by atoms with van der Waals surface area (Å²) in [6, 6.07) is 0. The van der Waals surface area contributed by atoms with Gasteiger partial charge in [-0.2, -0.15) is 0 Å². The summed E-state index contributed by atoms with van der Waals surface area (Å²) in [7, 11) is 1.44. The molecular formula is C12H12F5NO. The Morgan fingerprint density at radius 1 is 0.947 bits per heavy atom. The van der Waals surface area contributed by atoms with E-state index in [1.807, 2.05) is 0 Å². The van der Waals surface area contributed by atoms with Crippen LogP contribution in [0.15, 0.2) is 0 Å². The van der Waals surface area contributed by atoms with Gasteiger partial charge in [0.15, 0.2) is 23.3 Å². The first kappa shape index (κ1) is 14.0. The molecule has 1 aliphatic rings. The predicted octanol–water partition coefficient (Wildman–Crippen LogP) is 3.36. The summed E-state index contributed by atoms with van der Waals surface area (Å²) in [6.07, 6.45) is 2.24. The zero-order chi connectivity index (χ0) is 14.2. The number of anilines is 1. The number of hydrogen-bond acceptors (Lipinski definition) is 2. The van der Waals surface area contributed by atoms with Gasteiger partial charge < -0.3 is 10.1 Å². The summed E-state index contributed by atoms with van der Waals surface area (Å²) in [5.74, 6) is -9.79. The van der Waals surface area contributed by atoms with Gasteiger partial charge in [0.2, 0.25) is 5.82 Å². The van der Waals surface area contributed by atoms with Crippen molar-refractivity contribution in [2.45, 2.75) is 24.9 Å². The summed E-state index contributed by atoms with van der Waals surface area (Å²) in [5.41, 5.74) is -1.61. The standard InChI is InChI=1S/C12H12F5NO/c1-19-12(3-2-4-12)5-18-11-9(16)7(14)6(13)8(15)10(11)17/h18H,2-5H2,1H3. The lowest BCUT2D eigenvalue weighted by atomic mass is 9.80. The number of ether oxygens (including phenoxy) is 1. The molecule has 1 aromatic carbocycles. The highest BCUT2D eigenvalue weighted by molar-refractivity contribution is 5.48. The number of rotatable bonds is 4. The Morgan fingerprint density at radius 3 is 1.79 bits per heavy atom. The number of methoxy groups -OCH3 is 1. The molecule has 0 saturated heterocycles. The first-order valence-corrected chi connectivity index (χ1v) is 5.72. The Morgan fingerprint density at radius 2 is 1.42 bits per heavy atom. The second-order valence-corrected chi connectivity index (χ2v) is 4.54. The third-order valence-corrected chi connectivity index (χ3v) is 3.49. The first-order valence-electron chi connectivity index (χ1n) is 5.72. The molecule has 0 heterocycles. The van der Waals surface area contributed by atoms with Gasteiger partial charge in [-0.1, -0.05) is 0 Å². The maximum atomic E-state index is 13.4. The van der Waals surface area contributed by atoms with Gasteiger partial charge in [0.05, 0.1) is 5.60 Å². The van der Waals surface area contributed by atoms with Crippen molar-refractivity contribution in [3.8, 4) is 0 Å². The van der Waals surface area contributed by atoms with Crippen LogP contribution >= 0.6 is 0 Å². The molecule has 19 heavy (non-hydrogen) atoms. The molecule has 7 heteroatoms. The minimum atomic E-state index is -2.16. The fourth-order valence-electron chi connectivity index (χ4n) is 2.03. The molecule has 0 spiro atoms. The number of nitrogens with one attached hydrogen (secondary N) is 1. The van der Waals surface area contributed by atoms with Crippen LogP contribution in [0.4, 0.5) is 27.6 Å². The highest BCUT2D eigenvalue weighted by atomic mass is 19.2. The zero-order valence-electron chi connectivity index (χ0n) is 10.1. The number of hydrogen-bond donors (Lipinski definition) is 1. The smallest absolute Gasteiger partial charge is 0.200 e. The summed E-state index contributed by atoms with van der Waals surface area (Å²) in [4.78, 5) is 0. The van der Waals surface area contributed by atoms with Gasteiger partial charge in [-0.05, 0) is 19.3 Å². The van der Waals surface area contributed by atoms with E-state index in [1.165, 1.54) is 7.11 Å². The van der Waals surface area contributed by atoms with E-state index in [0.717, 1.165) is 6.42 Å². The van der Waals surface area contributed by atoms with E-state index in [9.17, 15) is 22.0 Å². The maximum Gasteiger partial charge on any atom is 0.200 e. The average Bonchev–Trinajstić information content (AvgIpc) is 2.36. The molecule has 1 aliphatic carbocycles. The average molecular weight is 281 g/mol. The van der Waals surface area contributed by atoms with Crippen molar-refractivity contribution in [1.29, 1.82) is 0 Å². The van der Waals surface area contributed by atoms with Gasteiger partial charge in [-0.3, -0.25) is 0 Å². The minimum absolute atomic E-state index is 0.0121. The van der Waals surface area contributed by atoms with Gasteiger partial charge in [0.1, 0.15) is 5.69 Å². The summed E-state index contributed by atoms with van der Waals surface area (Å²) in [6.45, 7) is -0.0121. The highest BCUT2D eigenvalue weighted by Gasteiger charge is 2.37. The van der Waals surface area contributed by atoms with Gasteiger partial charge in [0.25, 0.3) is 0 Å². The first-order chi connectivity index (χ1) is 8.92. The van der Waals surface area contributed by atoms with Gasteiger partial charge in [-0.25, -0.2) is 22.0 Å². The van der Waals surface area contributed by atoms with E-state index >= 15 is 0 Å². The Kier molecular flexibility index (Phi) is 3.66. The van der Waals surface area contributed by atoms with Crippen molar-refractivity contribution in [3.63, 3.8) is 0 Å². The molecule has 0 radical (unpaired) electrons. The second-order valence-electron chi connectivity index (χ2n) is 4.54. The maximum absolute atomic E-state index is 13.4. The van der Waals surface area contributed by atoms with Gasteiger partial charge in [-0.15, -0.1) is 0 Å². The number of halogens is 5. The van der Waals surface area contributed by atoms with E-state index in [0.29, 0.717) is 12.8 Å². The van der Waals surface area contributed by atoms with Crippen molar-refractivity contribution in [2.75, 3.05) is 19.0 Å². The lowest BCUT2D eigenvalue weighted by Gasteiger charge is -2.40. The van der Waals surface area contributed by atoms with Crippen molar-refractivity contribution < 1.29 is 26.7 Å². The van der Waals surface area contributed by atoms with Gasteiger partial charge in [0, 0.05) is 13.7 Å². The molecule has 0 aliphatic heterocycles. The van der Waals surface area contributed by atoms with Crippen LogP contribution in [-0.4, -0.2) is 19.3 Å². The van der Waals surface area contributed by atoms with Crippen LogP contribution in [0.25, 0.3) is 0 Å². The minimum Gasteiger partial charge on any atom is -0.377 e. The quantitative estimate of drug-likeness (QED) is 0.519. The summed E-state index contributed by atoms with van der Waals surface area (Å²) >= 11 is 0. The van der Waals surface area contributed by atoms with E-state index in [1.54, 1.807) is 0 Å². The normalized spacial score (nSPS) is 17.2. The van der Waals surface area contributed by atoms with Crippen LogP contribution in [0.3, 0.4) is 0 Å². The lowest BCUT2D eigenvalue weighted by Crippen LogP contribution is -2.45. The lowest BCUT2D eigenvalue weighted by molar-refractivity contribution is -0.0602. The van der Waals surface area contributed by atoms with Crippen LogP contribution in [0.1, 0.15) is 19.3 Å². The van der Waals surface area contributed by atoms with Crippen LogP contribution in [-0.2, 0) is 4.74 Å². The topological polar surface area (TPSA) is 21.3 Å². The molecule has 0 aromatic heterocycles. The molecule has 1 fully saturated rings. The molecule has 0 bridgehead atoms. The van der Waals surface area contributed by atoms with E-state index in [2.05, 4.69) is 5.32 Å².